The molecule has 3 N–H and O–H groups in total. The van der Waals surface area contributed by atoms with Crippen LogP contribution in [0.15, 0.2) is 29.6 Å². The molecule has 0 atom stereocenters. The molecule has 0 bridgehead atoms. The quantitative estimate of drug-likeness (QED) is 0.879. The molecule has 3 nitrogen and oxygen atoms in total. The number of hydrogen-bond donors (Lipinski definition) is 2. The van der Waals surface area contributed by atoms with Crippen molar-refractivity contribution in [3.8, 4) is 0 Å². The molecule has 0 spiro atoms. The molecule has 0 aliphatic rings. The van der Waals surface area contributed by atoms with E-state index >= 15 is 0 Å². The van der Waals surface area contributed by atoms with E-state index < -0.39 is 5.82 Å². The molecule has 0 saturated heterocycles. The van der Waals surface area contributed by atoms with Crippen LogP contribution >= 0.6 is 22.9 Å². The predicted molar refractivity (Wildman–Crippen MR) is 68.1 cm³/mol. The number of thiophene rings is 1. The number of benzene rings is 1. The van der Waals surface area contributed by atoms with Gasteiger partial charge in [0, 0.05) is 0 Å². The van der Waals surface area contributed by atoms with Gasteiger partial charge in [-0.05, 0) is 29.6 Å². The van der Waals surface area contributed by atoms with Crippen LogP contribution in [0.3, 0.4) is 0 Å². The standard InChI is InChI=1S/C11H8ClFN2OS/c12-7-5-6(13)1-2-9(7)15-11(16)10-8(14)3-4-17-10/h1-5H,14H2,(H,15,16). The van der Waals surface area contributed by atoms with Gasteiger partial charge in [0.25, 0.3) is 5.91 Å². The molecule has 2 rings (SSSR count). The summed E-state index contributed by atoms with van der Waals surface area (Å²) in [4.78, 5) is 12.2. The summed E-state index contributed by atoms with van der Waals surface area (Å²) in [5.74, 6) is -0.811. The highest BCUT2D eigenvalue weighted by molar-refractivity contribution is 7.12. The number of anilines is 2. The van der Waals surface area contributed by atoms with E-state index in [1.807, 2.05) is 0 Å². The molecule has 0 aliphatic heterocycles. The lowest BCUT2D eigenvalue weighted by Gasteiger charge is -2.06. The largest absolute Gasteiger partial charge is 0.397 e. The Morgan fingerprint density at radius 2 is 2.18 bits per heavy atom. The van der Waals surface area contributed by atoms with E-state index in [2.05, 4.69) is 5.32 Å². The Kier molecular flexibility index (Phi) is 3.31. The maximum absolute atomic E-state index is 12.8. The summed E-state index contributed by atoms with van der Waals surface area (Å²) in [5.41, 5.74) is 6.37. The zero-order chi connectivity index (χ0) is 12.4. The molecule has 0 radical (unpaired) electrons. The first-order valence-electron chi connectivity index (χ1n) is 4.67. The van der Waals surface area contributed by atoms with Crippen molar-refractivity contribution in [3.63, 3.8) is 0 Å². The molecule has 0 fully saturated rings. The summed E-state index contributed by atoms with van der Waals surface area (Å²) >= 11 is 7.02. The fraction of sp³-hybridized carbons (Fsp3) is 0. The van der Waals surface area contributed by atoms with Crippen LogP contribution in [-0.4, -0.2) is 5.91 Å². The van der Waals surface area contributed by atoms with Crippen molar-refractivity contribution in [2.45, 2.75) is 0 Å². The molecule has 6 heteroatoms. The van der Waals surface area contributed by atoms with Crippen molar-refractivity contribution in [2.75, 3.05) is 11.1 Å². The van der Waals surface area contributed by atoms with E-state index in [0.717, 1.165) is 6.07 Å². The minimum atomic E-state index is -0.455. The number of nitrogens with two attached hydrogens (primary N) is 1. The summed E-state index contributed by atoms with van der Waals surface area (Å²) in [5, 5.41) is 4.44. The van der Waals surface area contributed by atoms with Gasteiger partial charge < -0.3 is 11.1 Å². The third-order valence-corrected chi connectivity index (χ3v) is 3.32. The second-order valence-electron chi connectivity index (χ2n) is 3.28. The fourth-order valence-electron chi connectivity index (χ4n) is 1.27. The first-order valence-corrected chi connectivity index (χ1v) is 5.93. The van der Waals surface area contributed by atoms with Gasteiger partial charge in [0.15, 0.2) is 0 Å². The van der Waals surface area contributed by atoms with Gasteiger partial charge in [-0.1, -0.05) is 11.6 Å². The van der Waals surface area contributed by atoms with E-state index in [-0.39, 0.29) is 10.9 Å². The molecule has 2 aromatic rings. The van der Waals surface area contributed by atoms with Gasteiger partial charge in [-0.15, -0.1) is 11.3 Å². The van der Waals surface area contributed by atoms with Crippen LogP contribution < -0.4 is 11.1 Å². The van der Waals surface area contributed by atoms with Crippen molar-refractivity contribution in [1.82, 2.24) is 0 Å². The molecule has 17 heavy (non-hydrogen) atoms. The van der Waals surface area contributed by atoms with Gasteiger partial charge >= 0.3 is 0 Å². The Morgan fingerprint density at radius 3 is 2.76 bits per heavy atom. The molecule has 1 heterocycles. The summed E-state index contributed by atoms with van der Waals surface area (Å²) in [6.45, 7) is 0. The maximum Gasteiger partial charge on any atom is 0.267 e. The van der Waals surface area contributed by atoms with E-state index in [9.17, 15) is 9.18 Å². The SMILES string of the molecule is Nc1ccsc1C(=O)Nc1ccc(F)cc1Cl. The maximum atomic E-state index is 12.8. The highest BCUT2D eigenvalue weighted by atomic mass is 35.5. The highest BCUT2D eigenvalue weighted by Gasteiger charge is 2.13. The molecule has 1 amide bonds. The van der Waals surface area contributed by atoms with Crippen molar-refractivity contribution in [1.29, 1.82) is 0 Å². The van der Waals surface area contributed by atoms with Crippen LogP contribution in [-0.2, 0) is 0 Å². The average Bonchev–Trinajstić information content (AvgIpc) is 2.68. The second kappa shape index (κ2) is 4.73. The minimum Gasteiger partial charge on any atom is -0.397 e. The molecule has 0 aliphatic carbocycles. The Bertz CT molecular complexity index is 570. The van der Waals surface area contributed by atoms with Crippen molar-refractivity contribution >= 4 is 40.2 Å². The number of nitrogens with one attached hydrogen (secondary N) is 1. The van der Waals surface area contributed by atoms with Crippen LogP contribution in [0.2, 0.25) is 5.02 Å². The Morgan fingerprint density at radius 1 is 1.41 bits per heavy atom. The molecule has 1 aromatic heterocycles. The van der Waals surface area contributed by atoms with Crippen LogP contribution in [0.25, 0.3) is 0 Å². The third kappa shape index (κ3) is 2.57. The number of nitrogen functional groups attached to an aromatic ring is 1. The van der Waals surface area contributed by atoms with Gasteiger partial charge in [0.2, 0.25) is 0 Å². The normalized spacial score (nSPS) is 10.2. The lowest BCUT2D eigenvalue weighted by atomic mass is 10.3. The van der Waals surface area contributed by atoms with Crippen molar-refractivity contribution in [2.24, 2.45) is 0 Å². The van der Waals surface area contributed by atoms with E-state index in [1.165, 1.54) is 23.5 Å². The number of hydrogen-bond acceptors (Lipinski definition) is 3. The van der Waals surface area contributed by atoms with Gasteiger partial charge in [-0.3, -0.25) is 4.79 Å². The summed E-state index contributed by atoms with van der Waals surface area (Å²) < 4.78 is 12.8. The molecule has 0 unspecified atom stereocenters. The monoisotopic (exact) mass is 270 g/mol. The Hall–Kier alpha value is -1.59. The Balaban J connectivity index is 2.22. The topological polar surface area (TPSA) is 55.1 Å². The first-order chi connectivity index (χ1) is 8.08. The second-order valence-corrected chi connectivity index (χ2v) is 4.61. The number of halogens is 2. The van der Waals surface area contributed by atoms with Gasteiger partial charge in [-0.2, -0.15) is 0 Å². The molecule has 88 valence electrons. The number of rotatable bonds is 2. The molecular formula is C11H8ClFN2OS. The smallest absolute Gasteiger partial charge is 0.267 e. The van der Waals surface area contributed by atoms with Crippen LogP contribution in [0.4, 0.5) is 15.8 Å². The van der Waals surface area contributed by atoms with Gasteiger partial charge in [0.05, 0.1) is 16.4 Å². The first kappa shape index (κ1) is 11.9. The van der Waals surface area contributed by atoms with E-state index in [0.29, 0.717) is 16.3 Å². The predicted octanol–water partition coefficient (Wildman–Crippen LogP) is 3.38. The van der Waals surface area contributed by atoms with Crippen LogP contribution in [0, 0.1) is 5.82 Å². The average molecular weight is 271 g/mol. The van der Waals surface area contributed by atoms with Crippen LogP contribution in [0.1, 0.15) is 9.67 Å². The zero-order valence-electron chi connectivity index (χ0n) is 8.54. The third-order valence-electron chi connectivity index (χ3n) is 2.08. The Labute approximate surface area is 106 Å². The number of carbonyl (C=O) groups excluding carboxylic acids is 1. The highest BCUT2D eigenvalue weighted by Crippen LogP contribution is 2.25. The summed E-state index contributed by atoms with van der Waals surface area (Å²) in [6, 6.07) is 5.40. The summed E-state index contributed by atoms with van der Waals surface area (Å²) in [6.07, 6.45) is 0. The lowest BCUT2D eigenvalue weighted by Crippen LogP contribution is -2.12. The van der Waals surface area contributed by atoms with Crippen molar-refractivity contribution < 1.29 is 9.18 Å². The number of amides is 1. The van der Waals surface area contributed by atoms with Gasteiger partial charge in [-0.25, -0.2) is 4.39 Å². The van der Waals surface area contributed by atoms with Crippen LogP contribution in [0.5, 0.6) is 0 Å². The molecule has 0 saturated carbocycles. The fourth-order valence-corrected chi connectivity index (χ4v) is 2.20. The van der Waals surface area contributed by atoms with E-state index in [1.54, 1.807) is 11.4 Å². The zero-order valence-corrected chi connectivity index (χ0v) is 10.1. The number of carbonyl (C=O) groups is 1. The van der Waals surface area contributed by atoms with Gasteiger partial charge in [0.1, 0.15) is 10.7 Å². The summed E-state index contributed by atoms with van der Waals surface area (Å²) in [7, 11) is 0. The minimum absolute atomic E-state index is 0.147. The van der Waals surface area contributed by atoms with E-state index in [4.69, 9.17) is 17.3 Å². The molecular weight excluding hydrogens is 263 g/mol. The van der Waals surface area contributed by atoms with Crippen molar-refractivity contribution in [3.05, 3.63) is 45.4 Å². The molecule has 1 aromatic carbocycles. The lowest BCUT2D eigenvalue weighted by molar-refractivity contribution is 0.103.